The molecule has 1 aromatic heterocycles. The molecule has 0 atom stereocenters. The van der Waals surface area contributed by atoms with Gasteiger partial charge in [0.25, 0.3) is 0 Å². The van der Waals surface area contributed by atoms with E-state index in [-0.39, 0.29) is 29.1 Å². The van der Waals surface area contributed by atoms with Crippen molar-refractivity contribution in [3.63, 3.8) is 0 Å². The van der Waals surface area contributed by atoms with E-state index in [1.165, 1.54) is 12.1 Å². The van der Waals surface area contributed by atoms with Crippen LogP contribution in [-0.4, -0.2) is 12.4 Å². The molecule has 4 aromatic rings. The van der Waals surface area contributed by atoms with Crippen LogP contribution in [0.25, 0.3) is 21.7 Å². The molecule has 1 heterocycles. The van der Waals surface area contributed by atoms with Crippen LogP contribution in [0.1, 0.15) is 15.9 Å². The number of carbonyl (C=O) groups excluding carboxylic acids is 1. The first-order chi connectivity index (χ1) is 13.8. The summed E-state index contributed by atoms with van der Waals surface area (Å²) in [4.78, 5) is 23.9. The number of Topliss-reactive ketones (excluding diaryl/α,β-unsaturated/α-hetero) is 1. The van der Waals surface area contributed by atoms with Gasteiger partial charge in [-0.3, -0.25) is 4.79 Å². The SMILES string of the molecule is O=C(COc1ccc2c(C(F)(F)F)cc(=O)oc2c1)c1ccc2ccccc2c1. The van der Waals surface area contributed by atoms with Crippen molar-refractivity contribution < 1.29 is 27.1 Å². The Bertz CT molecular complexity index is 1290. The molecule has 0 aliphatic heterocycles. The molecule has 0 amide bonds. The molecule has 0 N–H and O–H groups in total. The van der Waals surface area contributed by atoms with E-state index in [4.69, 9.17) is 9.15 Å². The van der Waals surface area contributed by atoms with Crippen LogP contribution >= 0.6 is 0 Å². The van der Waals surface area contributed by atoms with E-state index in [9.17, 15) is 22.8 Å². The highest BCUT2D eigenvalue weighted by atomic mass is 19.4. The molecule has 0 bridgehead atoms. The Morgan fingerprint density at radius 3 is 2.45 bits per heavy atom. The molecule has 7 heteroatoms. The van der Waals surface area contributed by atoms with Crippen molar-refractivity contribution in [1.82, 2.24) is 0 Å². The zero-order valence-corrected chi connectivity index (χ0v) is 14.8. The molecule has 4 nitrogen and oxygen atoms in total. The van der Waals surface area contributed by atoms with Gasteiger partial charge in [-0.15, -0.1) is 0 Å². The van der Waals surface area contributed by atoms with Crippen molar-refractivity contribution in [2.75, 3.05) is 6.61 Å². The first-order valence-corrected chi connectivity index (χ1v) is 8.61. The number of hydrogen-bond donors (Lipinski definition) is 0. The summed E-state index contributed by atoms with van der Waals surface area (Å²) in [6.45, 7) is -0.312. The van der Waals surface area contributed by atoms with Crippen LogP contribution in [0.5, 0.6) is 5.75 Å². The van der Waals surface area contributed by atoms with Crippen LogP contribution in [0.4, 0.5) is 13.2 Å². The first kappa shape index (κ1) is 18.7. The molecule has 29 heavy (non-hydrogen) atoms. The maximum absolute atomic E-state index is 13.1. The van der Waals surface area contributed by atoms with Gasteiger partial charge < -0.3 is 9.15 Å². The summed E-state index contributed by atoms with van der Waals surface area (Å²) in [7, 11) is 0. The Balaban J connectivity index is 1.57. The summed E-state index contributed by atoms with van der Waals surface area (Å²) >= 11 is 0. The number of halogens is 3. The smallest absolute Gasteiger partial charge is 0.417 e. The molecular weight excluding hydrogens is 385 g/mol. The van der Waals surface area contributed by atoms with E-state index in [2.05, 4.69) is 0 Å². The third kappa shape index (κ3) is 3.85. The minimum Gasteiger partial charge on any atom is -0.485 e. The zero-order valence-electron chi connectivity index (χ0n) is 14.8. The molecule has 0 unspecified atom stereocenters. The number of alkyl halides is 3. The molecule has 0 radical (unpaired) electrons. The zero-order chi connectivity index (χ0) is 20.6. The highest BCUT2D eigenvalue weighted by Gasteiger charge is 2.33. The molecule has 0 saturated heterocycles. The molecule has 0 spiro atoms. The fourth-order valence-electron chi connectivity index (χ4n) is 3.06. The first-order valence-electron chi connectivity index (χ1n) is 8.61. The molecular formula is C22H13F3O4. The number of hydrogen-bond acceptors (Lipinski definition) is 4. The van der Waals surface area contributed by atoms with Gasteiger partial charge in [-0.2, -0.15) is 13.2 Å². The van der Waals surface area contributed by atoms with E-state index in [0.29, 0.717) is 11.6 Å². The summed E-state index contributed by atoms with van der Waals surface area (Å²) in [6.07, 6.45) is -4.69. The lowest BCUT2D eigenvalue weighted by Crippen LogP contribution is -2.12. The van der Waals surface area contributed by atoms with E-state index in [1.807, 2.05) is 30.3 Å². The monoisotopic (exact) mass is 398 g/mol. The lowest BCUT2D eigenvalue weighted by molar-refractivity contribution is -0.136. The second-order valence-corrected chi connectivity index (χ2v) is 6.41. The standard InChI is InChI=1S/C22H13F3O4/c23-22(24,25)18-11-21(27)29-20-10-16(7-8-17(18)20)28-12-19(26)15-6-5-13-3-1-2-4-14(13)9-15/h1-11H,12H2. The van der Waals surface area contributed by atoms with Gasteiger partial charge >= 0.3 is 11.8 Å². The quantitative estimate of drug-likeness (QED) is 0.349. The van der Waals surface area contributed by atoms with E-state index in [1.54, 1.807) is 12.1 Å². The fourth-order valence-corrected chi connectivity index (χ4v) is 3.06. The molecule has 146 valence electrons. The van der Waals surface area contributed by atoms with Crippen LogP contribution in [-0.2, 0) is 6.18 Å². The second kappa shape index (κ2) is 7.09. The van der Waals surface area contributed by atoms with Crippen molar-refractivity contribution in [3.8, 4) is 5.75 Å². The Hall–Kier alpha value is -3.61. The molecule has 0 aliphatic rings. The third-order valence-corrected chi connectivity index (χ3v) is 4.46. The highest BCUT2D eigenvalue weighted by molar-refractivity contribution is 6.00. The average molecular weight is 398 g/mol. The molecule has 4 rings (SSSR count). The van der Waals surface area contributed by atoms with Crippen molar-refractivity contribution in [2.45, 2.75) is 6.18 Å². The minimum atomic E-state index is -4.69. The van der Waals surface area contributed by atoms with Crippen LogP contribution in [0.3, 0.4) is 0 Å². The summed E-state index contributed by atoms with van der Waals surface area (Å²) in [5.41, 5.74) is -2.01. The summed E-state index contributed by atoms with van der Waals surface area (Å²) < 4.78 is 49.6. The lowest BCUT2D eigenvalue weighted by atomic mass is 10.0. The summed E-state index contributed by atoms with van der Waals surface area (Å²) in [6, 6.07) is 16.9. The van der Waals surface area contributed by atoms with Crippen molar-refractivity contribution >= 4 is 27.5 Å². The van der Waals surface area contributed by atoms with Crippen LogP contribution in [0.15, 0.2) is 75.9 Å². The van der Waals surface area contributed by atoms with Crippen LogP contribution < -0.4 is 10.4 Å². The molecule has 0 aliphatic carbocycles. The maximum Gasteiger partial charge on any atom is 0.417 e. The molecule has 3 aromatic carbocycles. The number of carbonyl (C=O) groups is 1. The van der Waals surface area contributed by atoms with Gasteiger partial charge in [-0.1, -0.05) is 36.4 Å². The normalized spacial score (nSPS) is 11.7. The average Bonchev–Trinajstić information content (AvgIpc) is 2.70. The summed E-state index contributed by atoms with van der Waals surface area (Å²) in [5, 5.41) is 1.64. The van der Waals surface area contributed by atoms with Crippen molar-refractivity contribution in [3.05, 3.63) is 88.3 Å². The third-order valence-electron chi connectivity index (χ3n) is 4.46. The Morgan fingerprint density at radius 1 is 0.931 bits per heavy atom. The Kier molecular flexibility index (Phi) is 4.58. The van der Waals surface area contributed by atoms with Gasteiger partial charge in [-0.05, 0) is 29.0 Å². The summed E-state index contributed by atoms with van der Waals surface area (Å²) in [5.74, 6) is -0.171. The Labute approximate surface area is 162 Å². The van der Waals surface area contributed by atoms with E-state index in [0.717, 1.165) is 16.8 Å². The van der Waals surface area contributed by atoms with Gasteiger partial charge in [0.05, 0.1) is 5.56 Å². The number of benzene rings is 3. The van der Waals surface area contributed by atoms with Gasteiger partial charge in [-0.25, -0.2) is 4.79 Å². The molecule has 0 fully saturated rings. The highest BCUT2D eigenvalue weighted by Crippen LogP contribution is 2.34. The van der Waals surface area contributed by atoms with Gasteiger partial charge in [0.1, 0.15) is 11.3 Å². The number of ether oxygens (including phenoxy) is 1. The predicted octanol–water partition coefficient (Wildman–Crippen LogP) is 5.23. The van der Waals surface area contributed by atoms with E-state index < -0.39 is 17.4 Å². The van der Waals surface area contributed by atoms with Crippen LogP contribution in [0.2, 0.25) is 0 Å². The van der Waals surface area contributed by atoms with Crippen molar-refractivity contribution in [2.24, 2.45) is 0 Å². The largest absolute Gasteiger partial charge is 0.485 e. The maximum atomic E-state index is 13.1. The minimum absolute atomic E-state index is 0.120. The number of ketones is 1. The fraction of sp³-hybridized carbons (Fsp3) is 0.0909. The van der Waals surface area contributed by atoms with E-state index >= 15 is 0 Å². The van der Waals surface area contributed by atoms with Gasteiger partial charge in [0, 0.05) is 23.1 Å². The number of fused-ring (bicyclic) bond motifs is 2. The van der Waals surface area contributed by atoms with Crippen LogP contribution in [0, 0.1) is 0 Å². The lowest BCUT2D eigenvalue weighted by Gasteiger charge is -2.11. The van der Waals surface area contributed by atoms with Gasteiger partial charge in [0.15, 0.2) is 12.4 Å². The molecule has 0 saturated carbocycles. The second-order valence-electron chi connectivity index (χ2n) is 6.41. The Morgan fingerprint density at radius 2 is 1.69 bits per heavy atom. The predicted molar refractivity (Wildman–Crippen MR) is 101 cm³/mol. The van der Waals surface area contributed by atoms with Crippen molar-refractivity contribution in [1.29, 1.82) is 0 Å². The van der Waals surface area contributed by atoms with Gasteiger partial charge in [0.2, 0.25) is 0 Å². The number of rotatable bonds is 4. The topological polar surface area (TPSA) is 56.5 Å².